The van der Waals surface area contributed by atoms with Crippen LogP contribution < -0.4 is 11.2 Å². The zero-order chi connectivity index (χ0) is 20.4. The Bertz CT molecular complexity index is 1050. The predicted molar refractivity (Wildman–Crippen MR) is 112 cm³/mol. The van der Waals surface area contributed by atoms with Crippen LogP contribution >= 0.6 is 11.8 Å². The van der Waals surface area contributed by atoms with Gasteiger partial charge in [-0.3, -0.25) is 4.79 Å². The number of fused-ring (bicyclic) bond motifs is 1. The lowest BCUT2D eigenvalue weighted by atomic mass is 10.1. The van der Waals surface area contributed by atoms with Crippen LogP contribution in [0, 0.1) is 5.82 Å². The van der Waals surface area contributed by atoms with Crippen molar-refractivity contribution in [2.45, 2.75) is 43.0 Å². The highest BCUT2D eigenvalue weighted by Crippen LogP contribution is 2.26. The number of nitrogens with two attached hydrogens (primary N) is 1. The number of nitrogens with zero attached hydrogens (tertiary/aromatic N) is 3. The van der Waals surface area contributed by atoms with Crippen LogP contribution in [0.4, 0.5) is 10.1 Å². The number of benzene rings is 2. The van der Waals surface area contributed by atoms with Gasteiger partial charge in [0.15, 0.2) is 5.82 Å². The molecule has 0 fully saturated rings. The Balaban J connectivity index is 1.40. The summed E-state index contributed by atoms with van der Waals surface area (Å²) in [4.78, 5) is 12.6. The van der Waals surface area contributed by atoms with Crippen molar-refractivity contribution in [1.29, 1.82) is 0 Å². The lowest BCUT2D eigenvalue weighted by molar-refractivity contribution is -0.115. The van der Waals surface area contributed by atoms with Crippen LogP contribution in [-0.2, 0) is 24.1 Å². The second-order valence-corrected chi connectivity index (χ2v) is 8.43. The second kappa shape index (κ2) is 8.24. The molecule has 0 saturated heterocycles. The summed E-state index contributed by atoms with van der Waals surface area (Å²) >= 11 is 1.22. The van der Waals surface area contributed by atoms with Gasteiger partial charge < -0.3 is 11.2 Å². The molecular formula is C21H22FN5OS. The molecule has 0 radical (unpaired) electrons. The van der Waals surface area contributed by atoms with Gasteiger partial charge in [-0.15, -0.1) is 10.2 Å². The Morgan fingerprint density at radius 3 is 2.86 bits per heavy atom. The van der Waals surface area contributed by atoms with E-state index >= 15 is 0 Å². The van der Waals surface area contributed by atoms with Crippen molar-refractivity contribution in [1.82, 2.24) is 14.9 Å². The molecule has 1 aromatic heterocycles. The van der Waals surface area contributed by atoms with Crippen molar-refractivity contribution in [3.63, 3.8) is 0 Å². The first kappa shape index (κ1) is 19.4. The van der Waals surface area contributed by atoms with E-state index in [9.17, 15) is 9.18 Å². The van der Waals surface area contributed by atoms with Gasteiger partial charge in [0.2, 0.25) is 11.1 Å². The average Bonchev–Trinajstić information content (AvgIpc) is 3.31. The largest absolute Gasteiger partial charge is 0.336 e. The molecule has 29 heavy (non-hydrogen) atoms. The molecule has 1 aliphatic carbocycles. The van der Waals surface area contributed by atoms with E-state index in [2.05, 4.69) is 27.6 Å². The summed E-state index contributed by atoms with van der Waals surface area (Å²) in [5.74, 6) is 6.07. The number of aromatic nitrogens is 3. The van der Waals surface area contributed by atoms with Crippen LogP contribution in [0.5, 0.6) is 0 Å². The van der Waals surface area contributed by atoms with E-state index in [0.29, 0.717) is 16.5 Å². The first-order valence-corrected chi connectivity index (χ1v) is 10.4. The highest BCUT2D eigenvalue weighted by Gasteiger charge is 2.21. The van der Waals surface area contributed by atoms with Crippen LogP contribution in [0.3, 0.4) is 0 Å². The molecule has 3 aromatic rings. The van der Waals surface area contributed by atoms with Gasteiger partial charge in [0.05, 0.1) is 5.25 Å². The zero-order valence-corrected chi connectivity index (χ0v) is 16.9. The minimum atomic E-state index is -0.420. The Hall–Kier alpha value is -2.87. The Kier molecular flexibility index (Phi) is 5.53. The smallest absolute Gasteiger partial charge is 0.237 e. The van der Waals surface area contributed by atoms with Crippen LogP contribution in [-0.4, -0.2) is 26.0 Å². The Morgan fingerprint density at radius 1 is 1.24 bits per heavy atom. The van der Waals surface area contributed by atoms with Gasteiger partial charge in [-0.2, -0.15) is 0 Å². The van der Waals surface area contributed by atoms with E-state index in [-0.39, 0.29) is 18.1 Å². The lowest BCUT2D eigenvalue weighted by Crippen LogP contribution is -2.24. The molecule has 6 nitrogen and oxygen atoms in total. The second-order valence-electron chi connectivity index (χ2n) is 7.12. The third-order valence-corrected chi connectivity index (χ3v) is 6.12. The maximum atomic E-state index is 13.9. The van der Waals surface area contributed by atoms with Crippen molar-refractivity contribution in [3.8, 4) is 0 Å². The van der Waals surface area contributed by atoms with E-state index in [0.717, 1.165) is 18.5 Å². The number of carbonyl (C=O) groups is 1. The Labute approximate surface area is 172 Å². The maximum absolute atomic E-state index is 13.9. The fourth-order valence-electron chi connectivity index (χ4n) is 3.43. The monoisotopic (exact) mass is 411 g/mol. The molecule has 1 aliphatic rings. The molecule has 0 spiro atoms. The molecule has 3 N–H and O–H groups in total. The summed E-state index contributed by atoms with van der Waals surface area (Å²) < 4.78 is 15.2. The van der Waals surface area contributed by atoms with Crippen LogP contribution in [0.15, 0.2) is 47.6 Å². The van der Waals surface area contributed by atoms with Crippen molar-refractivity contribution in [2.24, 2.45) is 0 Å². The van der Waals surface area contributed by atoms with Gasteiger partial charge >= 0.3 is 0 Å². The van der Waals surface area contributed by atoms with Crippen molar-refractivity contribution >= 4 is 23.4 Å². The van der Waals surface area contributed by atoms with E-state index in [1.165, 1.54) is 40.1 Å². The highest BCUT2D eigenvalue weighted by molar-refractivity contribution is 8.00. The molecule has 0 saturated carbocycles. The molecule has 1 unspecified atom stereocenters. The van der Waals surface area contributed by atoms with E-state index in [1.807, 2.05) is 6.07 Å². The minimum absolute atomic E-state index is 0.133. The number of anilines is 1. The summed E-state index contributed by atoms with van der Waals surface area (Å²) in [6, 6.07) is 12.6. The minimum Gasteiger partial charge on any atom is -0.336 e. The lowest BCUT2D eigenvalue weighted by Gasteiger charge is -2.12. The standard InChI is InChI=1S/C21H22FN5OS/c1-13(20(28)24-17-10-9-14-6-4-7-15(14)11-17)29-21-26-25-19(27(21)23)12-16-5-2-3-8-18(16)22/h2-3,5,8-11,13H,4,6-7,12,23H2,1H3,(H,24,28). The van der Waals surface area contributed by atoms with E-state index in [4.69, 9.17) is 5.84 Å². The number of aryl methyl sites for hydroxylation is 2. The topological polar surface area (TPSA) is 85.8 Å². The molecule has 1 atom stereocenters. The predicted octanol–water partition coefficient (Wildman–Crippen LogP) is 3.33. The summed E-state index contributed by atoms with van der Waals surface area (Å²) in [6.45, 7) is 1.79. The van der Waals surface area contributed by atoms with E-state index in [1.54, 1.807) is 25.1 Å². The molecule has 150 valence electrons. The quantitative estimate of drug-likeness (QED) is 0.480. The molecule has 8 heteroatoms. The fraction of sp³-hybridized carbons (Fsp3) is 0.286. The fourth-order valence-corrected chi connectivity index (χ4v) is 4.21. The third-order valence-electron chi connectivity index (χ3n) is 5.06. The average molecular weight is 412 g/mol. The van der Waals surface area contributed by atoms with Gasteiger partial charge in [-0.1, -0.05) is 36.0 Å². The van der Waals surface area contributed by atoms with Gasteiger partial charge in [0, 0.05) is 12.1 Å². The summed E-state index contributed by atoms with van der Waals surface area (Å²) in [7, 11) is 0. The molecule has 1 amide bonds. The SMILES string of the molecule is CC(Sc1nnc(Cc2ccccc2F)n1N)C(=O)Nc1ccc2c(c1)CCC2. The van der Waals surface area contributed by atoms with Crippen LogP contribution in [0.25, 0.3) is 0 Å². The highest BCUT2D eigenvalue weighted by atomic mass is 32.2. The number of carbonyl (C=O) groups excluding carboxylic acids is 1. The van der Waals surface area contributed by atoms with Crippen LogP contribution in [0.2, 0.25) is 0 Å². The van der Waals surface area contributed by atoms with Crippen molar-refractivity contribution in [3.05, 3.63) is 70.8 Å². The molecule has 4 rings (SSSR count). The molecular weight excluding hydrogens is 389 g/mol. The number of amides is 1. The normalized spacial score (nSPS) is 13.9. The van der Waals surface area contributed by atoms with Gasteiger partial charge in [-0.25, -0.2) is 9.07 Å². The van der Waals surface area contributed by atoms with Crippen LogP contribution in [0.1, 0.15) is 35.9 Å². The number of rotatable bonds is 6. The number of thioether (sulfide) groups is 1. The number of nitrogens with one attached hydrogen (secondary N) is 1. The van der Waals surface area contributed by atoms with Gasteiger partial charge in [0.25, 0.3) is 0 Å². The van der Waals surface area contributed by atoms with Crippen molar-refractivity contribution in [2.75, 3.05) is 11.2 Å². The first-order valence-electron chi connectivity index (χ1n) is 9.53. The Morgan fingerprint density at radius 2 is 2.03 bits per heavy atom. The van der Waals surface area contributed by atoms with Gasteiger partial charge in [-0.05, 0) is 61.1 Å². The first-order chi connectivity index (χ1) is 14.0. The molecule has 1 heterocycles. The van der Waals surface area contributed by atoms with E-state index < -0.39 is 5.25 Å². The summed E-state index contributed by atoms with van der Waals surface area (Å²) in [5.41, 5.74) is 3.97. The number of nitrogen functional groups attached to an aromatic ring is 1. The molecule has 0 bridgehead atoms. The van der Waals surface area contributed by atoms with Crippen molar-refractivity contribution < 1.29 is 9.18 Å². The number of halogens is 1. The third kappa shape index (κ3) is 4.27. The number of hydrogen-bond donors (Lipinski definition) is 2. The number of hydrogen-bond acceptors (Lipinski definition) is 5. The maximum Gasteiger partial charge on any atom is 0.237 e. The zero-order valence-electron chi connectivity index (χ0n) is 16.1. The summed E-state index contributed by atoms with van der Waals surface area (Å²) in [6.07, 6.45) is 3.56. The van der Waals surface area contributed by atoms with Gasteiger partial charge in [0.1, 0.15) is 5.82 Å². The summed E-state index contributed by atoms with van der Waals surface area (Å²) in [5, 5.41) is 11.1. The molecule has 0 aliphatic heterocycles. The molecule has 2 aromatic carbocycles.